The smallest absolute Gasteiger partial charge is 0.208 e. The molecule has 3 nitrogen and oxygen atoms in total. The van der Waals surface area contributed by atoms with Crippen molar-refractivity contribution < 1.29 is 8.81 Å². The molecule has 1 heterocycles. The Hall–Kier alpha value is -2.20. The molecule has 1 saturated carbocycles. The summed E-state index contributed by atoms with van der Waals surface area (Å²) in [6.07, 6.45) is 4.18. The number of hydrogen-bond donors (Lipinski definition) is 1. The molecule has 0 amide bonds. The highest BCUT2D eigenvalue weighted by molar-refractivity contribution is 5.95. The monoisotopic (exact) mass is 282 g/mol. The second-order valence-electron chi connectivity index (χ2n) is 5.41. The van der Waals surface area contributed by atoms with E-state index in [1.807, 2.05) is 18.2 Å². The fraction of sp³-hybridized carbons (Fsp3) is 0.235. The number of oxazole rings is 1. The third-order valence-corrected chi connectivity index (χ3v) is 3.81. The van der Waals surface area contributed by atoms with Crippen molar-refractivity contribution in [2.75, 3.05) is 0 Å². The Kier molecular flexibility index (Phi) is 2.97. The lowest BCUT2D eigenvalue weighted by Crippen LogP contribution is -2.15. The molecule has 0 saturated heterocycles. The molecule has 106 valence electrons. The van der Waals surface area contributed by atoms with Gasteiger partial charge >= 0.3 is 0 Å². The van der Waals surface area contributed by atoms with Crippen molar-refractivity contribution in [2.24, 2.45) is 0 Å². The molecule has 1 fully saturated rings. The van der Waals surface area contributed by atoms with Crippen molar-refractivity contribution in [3.8, 4) is 11.3 Å². The van der Waals surface area contributed by atoms with Gasteiger partial charge in [-0.05, 0) is 30.4 Å². The van der Waals surface area contributed by atoms with Gasteiger partial charge in [-0.25, -0.2) is 9.37 Å². The molecule has 0 unspecified atom stereocenters. The van der Waals surface area contributed by atoms with Gasteiger partial charge in [0.05, 0.1) is 12.7 Å². The quantitative estimate of drug-likeness (QED) is 0.789. The third-order valence-electron chi connectivity index (χ3n) is 3.81. The second kappa shape index (κ2) is 4.97. The van der Waals surface area contributed by atoms with Crippen LogP contribution in [0.25, 0.3) is 22.1 Å². The van der Waals surface area contributed by atoms with Crippen LogP contribution in [0.4, 0.5) is 4.39 Å². The molecule has 1 aliphatic rings. The van der Waals surface area contributed by atoms with E-state index < -0.39 is 0 Å². The van der Waals surface area contributed by atoms with Crippen LogP contribution in [0.3, 0.4) is 0 Å². The summed E-state index contributed by atoms with van der Waals surface area (Å²) in [4.78, 5) is 4.30. The average molecular weight is 282 g/mol. The van der Waals surface area contributed by atoms with E-state index >= 15 is 0 Å². The van der Waals surface area contributed by atoms with Crippen molar-refractivity contribution in [2.45, 2.75) is 25.4 Å². The Morgan fingerprint density at radius 3 is 2.76 bits per heavy atom. The van der Waals surface area contributed by atoms with Gasteiger partial charge in [-0.3, -0.25) is 0 Å². The molecule has 0 radical (unpaired) electrons. The number of nitrogens with one attached hydrogen (secondary N) is 1. The Bertz CT molecular complexity index is 792. The summed E-state index contributed by atoms with van der Waals surface area (Å²) in [6, 6.07) is 11.3. The second-order valence-corrected chi connectivity index (χ2v) is 5.41. The summed E-state index contributed by atoms with van der Waals surface area (Å²) in [6.45, 7) is 0.643. The predicted octanol–water partition coefficient (Wildman–Crippen LogP) is 3.89. The SMILES string of the molecule is Fc1ccc(-c2cnc(CNC3CC3)o2)c2ccccc12. The van der Waals surface area contributed by atoms with Crippen molar-refractivity contribution in [3.63, 3.8) is 0 Å². The van der Waals surface area contributed by atoms with Crippen LogP contribution < -0.4 is 5.32 Å². The molecule has 0 bridgehead atoms. The summed E-state index contributed by atoms with van der Waals surface area (Å²) in [7, 11) is 0. The highest BCUT2D eigenvalue weighted by Gasteiger charge is 2.21. The molecule has 3 aromatic rings. The van der Waals surface area contributed by atoms with Gasteiger partial charge in [0.2, 0.25) is 5.89 Å². The molecule has 2 aromatic carbocycles. The molecule has 0 spiro atoms. The van der Waals surface area contributed by atoms with E-state index in [1.54, 1.807) is 18.3 Å². The van der Waals surface area contributed by atoms with Gasteiger partial charge in [0.25, 0.3) is 0 Å². The molecule has 0 atom stereocenters. The third kappa shape index (κ3) is 2.43. The summed E-state index contributed by atoms with van der Waals surface area (Å²) in [5, 5.41) is 4.81. The van der Waals surface area contributed by atoms with E-state index in [4.69, 9.17) is 4.42 Å². The number of halogens is 1. The summed E-state index contributed by atoms with van der Waals surface area (Å²) in [5.41, 5.74) is 0.872. The van der Waals surface area contributed by atoms with E-state index in [0.29, 0.717) is 29.6 Å². The maximum Gasteiger partial charge on any atom is 0.208 e. The van der Waals surface area contributed by atoms with E-state index in [-0.39, 0.29) is 5.82 Å². The summed E-state index contributed by atoms with van der Waals surface area (Å²) < 4.78 is 19.6. The van der Waals surface area contributed by atoms with Crippen molar-refractivity contribution >= 4 is 10.8 Å². The largest absolute Gasteiger partial charge is 0.439 e. The fourth-order valence-corrected chi connectivity index (χ4v) is 2.51. The number of rotatable bonds is 4. The van der Waals surface area contributed by atoms with Gasteiger partial charge in [-0.15, -0.1) is 0 Å². The molecule has 4 heteroatoms. The topological polar surface area (TPSA) is 38.1 Å². The van der Waals surface area contributed by atoms with Gasteiger partial charge in [0.15, 0.2) is 5.76 Å². The first kappa shape index (κ1) is 12.5. The fourth-order valence-electron chi connectivity index (χ4n) is 2.51. The van der Waals surface area contributed by atoms with Crippen LogP contribution in [-0.2, 0) is 6.54 Å². The number of aromatic nitrogens is 1. The highest BCUT2D eigenvalue weighted by Crippen LogP contribution is 2.30. The Balaban J connectivity index is 1.70. The van der Waals surface area contributed by atoms with E-state index in [1.165, 1.54) is 18.9 Å². The van der Waals surface area contributed by atoms with E-state index in [9.17, 15) is 4.39 Å². The summed E-state index contributed by atoms with van der Waals surface area (Å²) in [5.74, 6) is 1.13. The number of fused-ring (bicyclic) bond motifs is 1. The van der Waals surface area contributed by atoms with Crippen molar-refractivity contribution in [3.05, 3.63) is 54.3 Å². The van der Waals surface area contributed by atoms with Crippen LogP contribution in [0.5, 0.6) is 0 Å². The molecule has 21 heavy (non-hydrogen) atoms. The minimum Gasteiger partial charge on any atom is -0.439 e. The Morgan fingerprint density at radius 1 is 1.14 bits per heavy atom. The van der Waals surface area contributed by atoms with Crippen molar-refractivity contribution in [1.82, 2.24) is 10.3 Å². The molecular weight excluding hydrogens is 267 g/mol. The van der Waals surface area contributed by atoms with Crippen LogP contribution in [-0.4, -0.2) is 11.0 Å². The first-order chi connectivity index (χ1) is 10.3. The molecular formula is C17H15FN2O. The van der Waals surface area contributed by atoms with Gasteiger partial charge in [-0.1, -0.05) is 24.3 Å². The van der Waals surface area contributed by atoms with Crippen LogP contribution in [0.15, 0.2) is 47.0 Å². The minimum atomic E-state index is -0.218. The standard InChI is InChI=1S/C17H15FN2O/c18-15-8-7-14(12-3-1-2-4-13(12)15)16-9-20-17(21-16)10-19-11-5-6-11/h1-4,7-9,11,19H,5-6,10H2. The first-order valence-corrected chi connectivity index (χ1v) is 7.17. The van der Waals surface area contributed by atoms with Gasteiger partial charge < -0.3 is 9.73 Å². The molecule has 1 N–H and O–H groups in total. The minimum absolute atomic E-state index is 0.218. The van der Waals surface area contributed by atoms with Gasteiger partial charge in [0, 0.05) is 17.0 Å². The first-order valence-electron chi connectivity index (χ1n) is 7.17. The number of hydrogen-bond acceptors (Lipinski definition) is 3. The van der Waals surface area contributed by atoms with E-state index in [0.717, 1.165) is 10.9 Å². The Labute approximate surface area is 121 Å². The lowest BCUT2D eigenvalue weighted by Gasteiger charge is -2.04. The van der Waals surface area contributed by atoms with Gasteiger partial charge in [0.1, 0.15) is 5.82 Å². The lowest BCUT2D eigenvalue weighted by atomic mass is 10.0. The zero-order valence-corrected chi connectivity index (χ0v) is 11.5. The average Bonchev–Trinajstić information content (AvgIpc) is 3.23. The molecule has 1 aliphatic carbocycles. The maximum atomic E-state index is 13.8. The van der Waals surface area contributed by atoms with Crippen molar-refractivity contribution in [1.29, 1.82) is 0 Å². The molecule has 0 aliphatic heterocycles. The zero-order chi connectivity index (χ0) is 14.2. The molecule has 4 rings (SSSR count). The lowest BCUT2D eigenvalue weighted by molar-refractivity contribution is 0.477. The number of benzene rings is 2. The van der Waals surface area contributed by atoms with Gasteiger partial charge in [-0.2, -0.15) is 0 Å². The highest BCUT2D eigenvalue weighted by atomic mass is 19.1. The molecule has 1 aromatic heterocycles. The predicted molar refractivity (Wildman–Crippen MR) is 79.3 cm³/mol. The van der Waals surface area contributed by atoms with Crippen LogP contribution >= 0.6 is 0 Å². The van der Waals surface area contributed by atoms with Crippen LogP contribution in [0.2, 0.25) is 0 Å². The Morgan fingerprint density at radius 2 is 1.95 bits per heavy atom. The number of nitrogens with zero attached hydrogens (tertiary/aromatic N) is 1. The summed E-state index contributed by atoms with van der Waals surface area (Å²) >= 11 is 0. The van der Waals surface area contributed by atoms with Crippen LogP contribution in [0.1, 0.15) is 18.7 Å². The maximum absolute atomic E-state index is 13.8. The van der Waals surface area contributed by atoms with E-state index in [2.05, 4.69) is 10.3 Å². The zero-order valence-electron chi connectivity index (χ0n) is 11.5. The van der Waals surface area contributed by atoms with Crippen LogP contribution in [0, 0.1) is 5.82 Å². The normalized spacial score (nSPS) is 14.7.